The Morgan fingerprint density at radius 1 is 1.14 bits per heavy atom. The lowest BCUT2D eigenvalue weighted by Crippen LogP contribution is -2.55. The molecule has 1 aromatic rings. The number of carbonyl (C=O) groups excluding carboxylic acids is 1. The van der Waals surface area contributed by atoms with Crippen molar-refractivity contribution >= 4 is 27.5 Å². The molecule has 9 nitrogen and oxygen atoms in total. The van der Waals surface area contributed by atoms with Gasteiger partial charge in [-0.1, -0.05) is 0 Å². The van der Waals surface area contributed by atoms with E-state index >= 15 is 0 Å². The monoisotopic (exact) mass is 411 g/mol. The Morgan fingerprint density at radius 3 is 2.39 bits per heavy atom. The lowest BCUT2D eigenvalue weighted by atomic mass is 10.1. The maximum absolute atomic E-state index is 13.3. The third kappa shape index (κ3) is 4.22. The molecule has 1 unspecified atom stereocenters. The molecule has 10 heteroatoms. The van der Waals surface area contributed by atoms with Gasteiger partial charge in [-0.3, -0.25) is 4.79 Å². The first-order valence-corrected chi connectivity index (χ1v) is 11.0. The molecule has 0 radical (unpaired) electrons. The van der Waals surface area contributed by atoms with Crippen molar-refractivity contribution in [2.45, 2.75) is 17.9 Å². The van der Waals surface area contributed by atoms with Crippen LogP contribution in [-0.4, -0.2) is 93.6 Å². The van der Waals surface area contributed by atoms with Gasteiger partial charge in [0, 0.05) is 50.7 Å². The molecule has 2 heterocycles. The first-order chi connectivity index (χ1) is 13.2. The minimum absolute atomic E-state index is 0.0877. The molecular formula is C18H25N3O6S. The number of benzene rings is 1. The summed E-state index contributed by atoms with van der Waals surface area (Å²) in [5.74, 6) is -0.287. The number of rotatable bonds is 3. The van der Waals surface area contributed by atoms with E-state index in [0.29, 0.717) is 37.6 Å². The van der Waals surface area contributed by atoms with Gasteiger partial charge in [0.2, 0.25) is 0 Å². The maximum atomic E-state index is 13.3. The Morgan fingerprint density at radius 2 is 1.82 bits per heavy atom. The highest BCUT2D eigenvalue weighted by Gasteiger charge is 2.32. The van der Waals surface area contributed by atoms with E-state index < -0.39 is 15.9 Å². The van der Waals surface area contributed by atoms with E-state index in [1.54, 1.807) is 17.9 Å². The summed E-state index contributed by atoms with van der Waals surface area (Å²) in [4.78, 5) is 29.5. The first kappa shape index (κ1) is 20.4. The van der Waals surface area contributed by atoms with E-state index in [1.165, 1.54) is 17.0 Å². The molecule has 2 fully saturated rings. The van der Waals surface area contributed by atoms with Gasteiger partial charge >= 0.3 is 6.09 Å². The molecule has 1 aromatic carbocycles. The molecule has 1 N–H and O–H groups in total. The van der Waals surface area contributed by atoms with Crippen molar-refractivity contribution in [2.24, 2.45) is 0 Å². The van der Waals surface area contributed by atoms with Crippen molar-refractivity contribution in [1.29, 1.82) is 0 Å². The molecule has 28 heavy (non-hydrogen) atoms. The third-order valence-corrected chi connectivity index (χ3v) is 6.25. The number of carbonyl (C=O) groups is 2. The molecule has 0 saturated carbocycles. The van der Waals surface area contributed by atoms with E-state index in [0.717, 1.165) is 6.26 Å². The lowest BCUT2D eigenvalue weighted by molar-refractivity contribution is 0.0483. The van der Waals surface area contributed by atoms with Crippen LogP contribution in [0.2, 0.25) is 0 Å². The molecule has 3 rings (SSSR count). The smallest absolute Gasteiger partial charge is 0.407 e. The number of amides is 2. The highest BCUT2D eigenvalue weighted by molar-refractivity contribution is 7.90. The summed E-state index contributed by atoms with van der Waals surface area (Å²) < 4.78 is 29.4. The van der Waals surface area contributed by atoms with Gasteiger partial charge in [-0.15, -0.1) is 0 Å². The summed E-state index contributed by atoms with van der Waals surface area (Å²) in [6.07, 6.45) is 0.103. The van der Waals surface area contributed by atoms with Crippen LogP contribution in [0.1, 0.15) is 17.3 Å². The second kappa shape index (κ2) is 7.96. The standard InChI is InChI=1S/C18H25N3O6S/c1-13-12-20(18(23)24)5-6-21(13)17(22)15-11-14(28(2,25)26)3-4-16(15)19-7-9-27-10-8-19/h3-4,11,13H,5-10,12H2,1-2H3,(H,23,24). The fourth-order valence-corrected chi connectivity index (χ4v) is 4.23. The Bertz CT molecular complexity index is 866. The van der Waals surface area contributed by atoms with E-state index in [-0.39, 0.29) is 36.5 Å². The second-order valence-corrected chi connectivity index (χ2v) is 9.14. The van der Waals surface area contributed by atoms with Crippen LogP contribution in [0.3, 0.4) is 0 Å². The molecule has 154 valence electrons. The molecular weight excluding hydrogens is 386 g/mol. The van der Waals surface area contributed by atoms with Gasteiger partial charge in [-0.25, -0.2) is 13.2 Å². The molecule has 1 atom stereocenters. The van der Waals surface area contributed by atoms with Crippen LogP contribution in [-0.2, 0) is 14.6 Å². The van der Waals surface area contributed by atoms with Crippen molar-refractivity contribution in [1.82, 2.24) is 9.80 Å². The molecule has 2 amide bonds. The normalized spacial score (nSPS) is 20.9. The summed E-state index contributed by atoms with van der Waals surface area (Å²) in [6.45, 7) is 4.80. The fourth-order valence-electron chi connectivity index (χ4n) is 3.58. The van der Waals surface area contributed by atoms with E-state index in [1.807, 2.05) is 4.90 Å². The number of piperazine rings is 1. The number of sulfone groups is 1. The van der Waals surface area contributed by atoms with E-state index in [9.17, 15) is 23.1 Å². The van der Waals surface area contributed by atoms with Crippen molar-refractivity contribution in [2.75, 3.05) is 57.1 Å². The predicted molar refractivity (Wildman–Crippen MR) is 103 cm³/mol. The largest absolute Gasteiger partial charge is 0.465 e. The molecule has 2 saturated heterocycles. The maximum Gasteiger partial charge on any atom is 0.407 e. The number of ether oxygens (including phenoxy) is 1. The van der Waals surface area contributed by atoms with Crippen molar-refractivity contribution in [3.05, 3.63) is 23.8 Å². The van der Waals surface area contributed by atoms with Crippen molar-refractivity contribution in [3.8, 4) is 0 Å². The average molecular weight is 411 g/mol. The quantitative estimate of drug-likeness (QED) is 0.782. The summed E-state index contributed by atoms with van der Waals surface area (Å²) in [7, 11) is -3.47. The highest BCUT2D eigenvalue weighted by atomic mass is 32.2. The van der Waals surface area contributed by atoms with Gasteiger partial charge in [0.05, 0.1) is 23.7 Å². The first-order valence-electron chi connectivity index (χ1n) is 9.14. The van der Waals surface area contributed by atoms with Crippen LogP contribution < -0.4 is 4.90 Å². The minimum atomic E-state index is -3.47. The number of hydrogen-bond acceptors (Lipinski definition) is 6. The third-order valence-electron chi connectivity index (χ3n) is 5.14. The molecule has 0 aliphatic carbocycles. The van der Waals surface area contributed by atoms with E-state index in [4.69, 9.17) is 4.74 Å². The fraction of sp³-hybridized carbons (Fsp3) is 0.556. The summed E-state index contributed by atoms with van der Waals surface area (Å²) in [6, 6.07) is 4.31. The van der Waals surface area contributed by atoms with Gasteiger partial charge in [0.15, 0.2) is 9.84 Å². The van der Waals surface area contributed by atoms with Gasteiger partial charge in [-0.05, 0) is 25.1 Å². The van der Waals surface area contributed by atoms with Crippen LogP contribution in [0.15, 0.2) is 23.1 Å². The molecule has 0 bridgehead atoms. The van der Waals surface area contributed by atoms with Gasteiger partial charge in [-0.2, -0.15) is 0 Å². The minimum Gasteiger partial charge on any atom is -0.465 e. The summed E-state index contributed by atoms with van der Waals surface area (Å²) in [5.41, 5.74) is 0.994. The topological polar surface area (TPSA) is 107 Å². The number of morpholine rings is 1. The van der Waals surface area contributed by atoms with Gasteiger partial charge in [0.25, 0.3) is 5.91 Å². The Labute approximate surface area is 164 Å². The van der Waals surface area contributed by atoms with Crippen LogP contribution >= 0.6 is 0 Å². The van der Waals surface area contributed by atoms with Crippen LogP contribution in [0.4, 0.5) is 10.5 Å². The Balaban J connectivity index is 1.95. The van der Waals surface area contributed by atoms with E-state index in [2.05, 4.69) is 0 Å². The number of nitrogens with zero attached hydrogens (tertiary/aromatic N) is 3. The SMILES string of the molecule is CC1CN(C(=O)O)CCN1C(=O)c1cc(S(C)(=O)=O)ccc1N1CCOCC1. The number of carboxylic acid groups (broad SMARTS) is 1. The van der Waals surface area contributed by atoms with Gasteiger partial charge in [0.1, 0.15) is 0 Å². The zero-order valence-corrected chi connectivity index (χ0v) is 16.8. The Hall–Kier alpha value is -2.33. The Kier molecular flexibility index (Phi) is 5.80. The van der Waals surface area contributed by atoms with Crippen molar-refractivity contribution < 1.29 is 27.9 Å². The summed E-state index contributed by atoms with van der Waals surface area (Å²) in [5, 5.41) is 9.18. The molecule has 0 aromatic heterocycles. The van der Waals surface area contributed by atoms with Crippen LogP contribution in [0.25, 0.3) is 0 Å². The van der Waals surface area contributed by atoms with Crippen molar-refractivity contribution in [3.63, 3.8) is 0 Å². The highest BCUT2D eigenvalue weighted by Crippen LogP contribution is 2.28. The molecule has 0 spiro atoms. The van der Waals surface area contributed by atoms with Crippen LogP contribution in [0, 0.1) is 0 Å². The lowest BCUT2D eigenvalue weighted by Gasteiger charge is -2.39. The zero-order chi connectivity index (χ0) is 20.5. The second-order valence-electron chi connectivity index (χ2n) is 7.13. The summed E-state index contributed by atoms with van der Waals surface area (Å²) >= 11 is 0. The zero-order valence-electron chi connectivity index (χ0n) is 16.0. The average Bonchev–Trinajstić information content (AvgIpc) is 2.67. The predicted octanol–water partition coefficient (Wildman–Crippen LogP) is 0.751. The number of anilines is 1. The molecule has 2 aliphatic rings. The van der Waals surface area contributed by atoms with Gasteiger partial charge < -0.3 is 24.5 Å². The number of hydrogen-bond donors (Lipinski definition) is 1. The molecule has 2 aliphatic heterocycles. The van der Waals surface area contributed by atoms with Crippen LogP contribution in [0.5, 0.6) is 0 Å².